The van der Waals surface area contributed by atoms with Crippen molar-refractivity contribution in [3.05, 3.63) is 0 Å². The van der Waals surface area contributed by atoms with Crippen LogP contribution >= 0.6 is 0 Å². The van der Waals surface area contributed by atoms with Gasteiger partial charge in [0, 0.05) is 0 Å². The molecular weight excluding hydrogens is 504 g/mol. The van der Waals surface area contributed by atoms with Crippen LogP contribution < -0.4 is 20.4 Å². The van der Waals surface area contributed by atoms with Crippen molar-refractivity contribution in [1.29, 1.82) is 0 Å². The number of hydrogen-bond donors (Lipinski definition) is 0. The molecule has 0 bridgehead atoms. The van der Waals surface area contributed by atoms with E-state index >= 15 is 0 Å². The number of aldehydes is 4. The Morgan fingerprint density at radius 1 is 0.520 bits per heavy atom. The van der Waals surface area contributed by atoms with Crippen molar-refractivity contribution in [2.24, 2.45) is 0 Å². The smallest absolute Gasteiger partial charge is 0.847 e. The Bertz CT molecular complexity index is 233. The van der Waals surface area contributed by atoms with Gasteiger partial charge in [0.2, 0.25) is 0 Å². The van der Waals surface area contributed by atoms with Gasteiger partial charge in [0.05, 0.1) is 0 Å². The first-order chi connectivity index (χ1) is 11.2. The fraction of sp³-hybridized carbons (Fsp3) is 0.750. The van der Waals surface area contributed by atoms with Crippen LogP contribution in [0.15, 0.2) is 0 Å². The summed E-state index contributed by atoms with van der Waals surface area (Å²) in [5, 5.41) is 39.6. The molecule has 0 aromatic heterocycles. The van der Waals surface area contributed by atoms with E-state index < -0.39 is 24.4 Å². The zero-order valence-corrected chi connectivity index (χ0v) is 18.1. The molecular formula is C16H28O8W. The third-order valence-electron chi connectivity index (χ3n) is 2.22. The fourth-order valence-corrected chi connectivity index (χ4v) is 0.385. The second-order valence-electron chi connectivity index (χ2n) is 4.33. The Balaban J connectivity index is -0.0000000702. The van der Waals surface area contributed by atoms with Gasteiger partial charge in [-0.3, -0.25) is 0 Å². The molecule has 4 unspecified atom stereocenters. The van der Waals surface area contributed by atoms with Crippen LogP contribution in [0.2, 0.25) is 0 Å². The molecule has 0 rings (SSSR count). The van der Waals surface area contributed by atoms with Gasteiger partial charge in [-0.2, -0.15) is 0 Å². The van der Waals surface area contributed by atoms with Crippen LogP contribution in [0.25, 0.3) is 0 Å². The van der Waals surface area contributed by atoms with E-state index in [2.05, 4.69) is 0 Å². The number of carbonyl (C=O) groups is 4. The first-order valence-corrected chi connectivity index (χ1v) is 7.68. The average molecular weight is 532 g/mol. The molecule has 0 amide bonds. The summed E-state index contributed by atoms with van der Waals surface area (Å²) in [6.07, 6.45) is -0.690. The van der Waals surface area contributed by atoms with E-state index in [0.29, 0.717) is 50.8 Å². The van der Waals surface area contributed by atoms with E-state index in [9.17, 15) is 39.6 Å². The van der Waals surface area contributed by atoms with Crippen LogP contribution in [-0.4, -0.2) is 49.6 Å². The minimum Gasteiger partial charge on any atom is -0.847 e. The Morgan fingerprint density at radius 2 is 0.640 bits per heavy atom. The van der Waals surface area contributed by atoms with E-state index in [4.69, 9.17) is 0 Å². The van der Waals surface area contributed by atoms with Crippen LogP contribution in [0.3, 0.4) is 0 Å². The van der Waals surface area contributed by atoms with Crippen LogP contribution in [0.1, 0.15) is 53.4 Å². The van der Waals surface area contributed by atoms with Crippen LogP contribution in [0, 0.1) is 0 Å². The molecule has 0 aliphatic rings. The maximum Gasteiger partial charge on any atom is 4.00 e. The second kappa shape index (κ2) is 31.0. The summed E-state index contributed by atoms with van der Waals surface area (Å²) in [5.41, 5.74) is 0. The van der Waals surface area contributed by atoms with Gasteiger partial charge in [0.15, 0.2) is 0 Å². The summed E-state index contributed by atoms with van der Waals surface area (Å²) in [6.45, 7) is 6.75. The Hall–Kier alpha value is -0.792. The quantitative estimate of drug-likeness (QED) is 0.305. The molecule has 0 radical (unpaired) electrons. The molecule has 0 aromatic rings. The summed E-state index contributed by atoms with van der Waals surface area (Å²) < 4.78 is 0. The van der Waals surface area contributed by atoms with Crippen LogP contribution in [0.5, 0.6) is 0 Å². The summed E-state index contributed by atoms with van der Waals surface area (Å²) in [5.74, 6) is 0. The first kappa shape index (κ1) is 35.3. The molecule has 0 N–H and O–H groups in total. The van der Waals surface area contributed by atoms with Crippen molar-refractivity contribution in [2.75, 3.05) is 0 Å². The molecule has 0 saturated heterocycles. The van der Waals surface area contributed by atoms with E-state index in [1.165, 1.54) is 0 Å². The monoisotopic (exact) mass is 532 g/mol. The first-order valence-electron chi connectivity index (χ1n) is 7.68. The van der Waals surface area contributed by atoms with E-state index in [-0.39, 0.29) is 21.1 Å². The average Bonchev–Trinajstić information content (AvgIpc) is 2.66. The Morgan fingerprint density at radius 3 is 0.640 bits per heavy atom. The molecule has 0 fully saturated rings. The van der Waals surface area contributed by atoms with Crippen molar-refractivity contribution in [1.82, 2.24) is 0 Å². The molecule has 0 aromatic carbocycles. The maximum atomic E-state index is 9.90. The predicted molar refractivity (Wildman–Crippen MR) is 80.6 cm³/mol. The zero-order valence-electron chi connectivity index (χ0n) is 15.1. The van der Waals surface area contributed by atoms with Crippen molar-refractivity contribution in [3.63, 3.8) is 0 Å². The zero-order chi connectivity index (χ0) is 20.0. The minimum atomic E-state index is -0.995. The third-order valence-corrected chi connectivity index (χ3v) is 2.22. The number of carbonyl (C=O) groups excluding carboxylic acids is 4. The maximum absolute atomic E-state index is 9.90. The Kier molecular flexibility index (Phi) is 43.9. The molecule has 0 saturated carbocycles. The topological polar surface area (TPSA) is 161 Å². The van der Waals surface area contributed by atoms with Gasteiger partial charge >= 0.3 is 21.1 Å². The van der Waals surface area contributed by atoms with Gasteiger partial charge in [-0.25, -0.2) is 0 Å². The van der Waals surface area contributed by atoms with Crippen molar-refractivity contribution < 1.29 is 60.7 Å². The largest absolute Gasteiger partial charge is 4.00 e. The van der Waals surface area contributed by atoms with E-state index in [1.807, 2.05) is 0 Å². The van der Waals surface area contributed by atoms with Crippen LogP contribution in [-0.2, 0) is 40.2 Å². The number of rotatable bonds is 8. The van der Waals surface area contributed by atoms with Crippen molar-refractivity contribution in [3.8, 4) is 0 Å². The summed E-state index contributed by atoms with van der Waals surface area (Å²) in [6, 6.07) is 0. The second-order valence-corrected chi connectivity index (χ2v) is 4.33. The van der Waals surface area contributed by atoms with Gasteiger partial charge in [-0.1, -0.05) is 77.8 Å². The van der Waals surface area contributed by atoms with Crippen molar-refractivity contribution in [2.45, 2.75) is 77.8 Å². The van der Waals surface area contributed by atoms with Crippen LogP contribution in [0.4, 0.5) is 0 Å². The third kappa shape index (κ3) is 45.1. The molecule has 4 atom stereocenters. The normalized spacial score (nSPS) is 13.1. The molecule has 25 heavy (non-hydrogen) atoms. The van der Waals surface area contributed by atoms with Gasteiger partial charge in [-0.05, 0) is 0 Å². The molecule has 0 spiro atoms. The molecule has 0 aliphatic heterocycles. The van der Waals surface area contributed by atoms with Gasteiger partial charge in [-0.15, -0.1) is 0 Å². The molecule has 0 heterocycles. The molecule has 146 valence electrons. The predicted octanol–water partition coefficient (Wildman–Crippen LogP) is -2.71. The van der Waals surface area contributed by atoms with Gasteiger partial charge in [0.25, 0.3) is 0 Å². The summed E-state index contributed by atoms with van der Waals surface area (Å²) in [7, 11) is 0. The number of hydrogen-bond acceptors (Lipinski definition) is 8. The Labute approximate surface area is 163 Å². The van der Waals surface area contributed by atoms with Crippen molar-refractivity contribution >= 4 is 25.1 Å². The molecule has 8 nitrogen and oxygen atoms in total. The van der Waals surface area contributed by atoms with E-state index in [0.717, 1.165) is 0 Å². The van der Waals surface area contributed by atoms with Gasteiger partial charge in [0.1, 0.15) is 25.1 Å². The standard InChI is InChI=1S/4C4H7O2.W/c4*1-2-4(6)3-5;/h4*3-4H,2H2,1H3;/q4*-1;+4. The summed E-state index contributed by atoms with van der Waals surface area (Å²) in [4.78, 5) is 37.7. The minimum absolute atomic E-state index is 0. The van der Waals surface area contributed by atoms with Gasteiger partial charge < -0.3 is 39.6 Å². The van der Waals surface area contributed by atoms with E-state index in [1.54, 1.807) is 27.7 Å². The molecule has 9 heteroatoms. The SMILES string of the molecule is CCC([O-])C=O.CCC([O-])C=O.CCC([O-])C=O.CCC([O-])C=O.[W+4]. The fourth-order valence-electron chi connectivity index (χ4n) is 0.385. The molecule has 0 aliphatic carbocycles. The summed E-state index contributed by atoms with van der Waals surface area (Å²) >= 11 is 0.